The van der Waals surface area contributed by atoms with Gasteiger partial charge in [0.15, 0.2) is 0 Å². The predicted octanol–water partition coefficient (Wildman–Crippen LogP) is 2.46. The van der Waals surface area contributed by atoms with Crippen molar-refractivity contribution in [2.45, 2.75) is 38.5 Å². The van der Waals surface area contributed by atoms with Crippen LogP contribution in [0.2, 0.25) is 0 Å². The molecule has 5 heteroatoms. The Hall–Kier alpha value is -0.870. The molecule has 0 aromatic rings. The van der Waals surface area contributed by atoms with Gasteiger partial charge in [-0.3, -0.25) is 0 Å². The third kappa shape index (κ3) is 1.66. The van der Waals surface area contributed by atoms with E-state index in [0.717, 1.165) is 0 Å². The minimum atomic E-state index is -1.42. The number of nitrogens with zero attached hydrogens (tertiary/aromatic N) is 1. The number of hydrogen-bond acceptors (Lipinski definition) is 1. The van der Waals surface area contributed by atoms with E-state index in [1.165, 1.54) is 4.90 Å². The van der Waals surface area contributed by atoms with E-state index in [1.54, 1.807) is 6.92 Å². The third-order valence-corrected chi connectivity index (χ3v) is 4.17. The van der Waals surface area contributed by atoms with E-state index in [0.29, 0.717) is 32.4 Å². The zero-order chi connectivity index (χ0) is 11.9. The maximum Gasteiger partial charge on any atom is 0.407 e. The molecule has 0 bridgehead atoms. The van der Waals surface area contributed by atoms with Crippen LogP contribution in [0, 0.1) is 11.3 Å². The van der Waals surface area contributed by atoms with Crippen molar-refractivity contribution < 1.29 is 18.7 Å². The highest BCUT2D eigenvalue weighted by Gasteiger charge is 2.54. The number of amides is 1. The van der Waals surface area contributed by atoms with Gasteiger partial charge < -0.3 is 10.0 Å². The monoisotopic (exact) mass is 233 g/mol. The molecule has 1 N–H and O–H groups in total. The van der Waals surface area contributed by atoms with Crippen LogP contribution in [0.5, 0.6) is 0 Å². The van der Waals surface area contributed by atoms with Gasteiger partial charge in [0.25, 0.3) is 0 Å². The largest absolute Gasteiger partial charge is 0.465 e. The number of likely N-dealkylation sites (tertiary alicyclic amines) is 1. The zero-order valence-corrected chi connectivity index (χ0v) is 9.33. The molecule has 3 unspecified atom stereocenters. The first-order valence-electron chi connectivity index (χ1n) is 5.72. The first-order chi connectivity index (χ1) is 7.46. The molecular formula is C11H17F2NO2. The van der Waals surface area contributed by atoms with Gasteiger partial charge in [-0.25, -0.2) is 13.6 Å². The molecule has 1 heterocycles. The number of piperidine rings is 1. The molecule has 2 rings (SSSR count). The number of rotatable bonds is 0. The number of carbonyl (C=O) groups is 1. The summed E-state index contributed by atoms with van der Waals surface area (Å²) in [4.78, 5) is 12.0. The molecule has 0 aromatic carbocycles. The Morgan fingerprint density at radius 3 is 2.31 bits per heavy atom. The van der Waals surface area contributed by atoms with Gasteiger partial charge in [-0.05, 0) is 25.2 Å². The van der Waals surface area contributed by atoms with Crippen molar-refractivity contribution in [2.24, 2.45) is 11.3 Å². The maximum absolute atomic E-state index is 13.9. The normalized spacial score (nSPS) is 37.9. The van der Waals surface area contributed by atoms with Gasteiger partial charge in [-0.15, -0.1) is 0 Å². The van der Waals surface area contributed by atoms with E-state index in [1.807, 2.05) is 0 Å². The highest BCUT2D eigenvalue weighted by Crippen LogP contribution is 2.51. The van der Waals surface area contributed by atoms with Gasteiger partial charge >= 0.3 is 6.09 Å². The lowest BCUT2D eigenvalue weighted by Gasteiger charge is -2.39. The van der Waals surface area contributed by atoms with Crippen molar-refractivity contribution in [1.82, 2.24) is 4.90 Å². The molecule has 1 aliphatic heterocycles. The van der Waals surface area contributed by atoms with Crippen LogP contribution in [0.4, 0.5) is 13.6 Å². The Labute approximate surface area is 93.4 Å². The minimum Gasteiger partial charge on any atom is -0.465 e. The fourth-order valence-corrected chi connectivity index (χ4v) is 3.12. The summed E-state index contributed by atoms with van der Waals surface area (Å²) in [7, 11) is 0. The summed E-state index contributed by atoms with van der Waals surface area (Å²) in [5.74, 6) is -0.244. The molecule has 0 radical (unpaired) electrons. The van der Waals surface area contributed by atoms with E-state index in [9.17, 15) is 13.6 Å². The van der Waals surface area contributed by atoms with Crippen molar-refractivity contribution in [3.63, 3.8) is 0 Å². The lowest BCUT2D eigenvalue weighted by Crippen LogP contribution is -2.45. The Balaban J connectivity index is 2.05. The Kier molecular flexibility index (Phi) is 2.80. The van der Waals surface area contributed by atoms with Gasteiger partial charge in [0.1, 0.15) is 12.3 Å². The lowest BCUT2D eigenvalue weighted by molar-refractivity contribution is 0.0277. The summed E-state index contributed by atoms with van der Waals surface area (Å²) in [6, 6.07) is 0. The van der Waals surface area contributed by atoms with Gasteiger partial charge in [-0.1, -0.05) is 6.92 Å². The van der Waals surface area contributed by atoms with Crippen molar-refractivity contribution in [3.05, 3.63) is 0 Å². The van der Waals surface area contributed by atoms with E-state index >= 15 is 0 Å². The summed E-state index contributed by atoms with van der Waals surface area (Å²) in [5, 5.41) is 8.80. The number of halogens is 2. The molecule has 0 aromatic heterocycles. The van der Waals surface area contributed by atoms with E-state index in [-0.39, 0.29) is 5.92 Å². The van der Waals surface area contributed by atoms with Crippen molar-refractivity contribution in [2.75, 3.05) is 13.1 Å². The topological polar surface area (TPSA) is 40.5 Å². The summed E-state index contributed by atoms with van der Waals surface area (Å²) in [6.07, 6.45) is -2.32. The van der Waals surface area contributed by atoms with Crippen molar-refractivity contribution in [3.8, 4) is 0 Å². The molecule has 1 amide bonds. The summed E-state index contributed by atoms with van der Waals surface area (Å²) >= 11 is 0. The second-order valence-electron chi connectivity index (χ2n) is 5.16. The highest BCUT2D eigenvalue weighted by molar-refractivity contribution is 5.65. The molecule has 1 saturated carbocycles. The zero-order valence-electron chi connectivity index (χ0n) is 9.33. The van der Waals surface area contributed by atoms with Crippen LogP contribution in [-0.4, -0.2) is 41.5 Å². The standard InChI is InChI=1S/C11H17F2NO2/c1-7-6-11(9(13)8(7)12)2-4-14(5-3-11)10(15)16/h7-9H,2-6H2,1H3,(H,15,16). The molecule has 92 valence electrons. The third-order valence-electron chi connectivity index (χ3n) is 4.17. The average molecular weight is 233 g/mol. The molecule has 3 nitrogen and oxygen atoms in total. The first kappa shape index (κ1) is 11.6. The van der Waals surface area contributed by atoms with Gasteiger partial charge in [0, 0.05) is 18.5 Å². The molecule has 3 atom stereocenters. The number of carboxylic acid groups (broad SMARTS) is 1. The molecule has 1 saturated heterocycles. The van der Waals surface area contributed by atoms with E-state index in [4.69, 9.17) is 5.11 Å². The molecule has 2 aliphatic rings. The van der Waals surface area contributed by atoms with E-state index < -0.39 is 23.9 Å². The summed E-state index contributed by atoms with van der Waals surface area (Å²) < 4.78 is 27.4. The fourth-order valence-electron chi connectivity index (χ4n) is 3.12. The van der Waals surface area contributed by atoms with Gasteiger partial charge in [0.2, 0.25) is 0 Å². The van der Waals surface area contributed by atoms with Gasteiger partial charge in [-0.2, -0.15) is 0 Å². The Morgan fingerprint density at radius 2 is 1.94 bits per heavy atom. The summed E-state index contributed by atoms with van der Waals surface area (Å²) in [5.41, 5.74) is -0.606. The molecular weight excluding hydrogens is 216 g/mol. The number of alkyl halides is 2. The molecule has 1 spiro atoms. The van der Waals surface area contributed by atoms with Crippen LogP contribution in [0.15, 0.2) is 0 Å². The second kappa shape index (κ2) is 3.86. The van der Waals surface area contributed by atoms with E-state index in [2.05, 4.69) is 0 Å². The predicted molar refractivity (Wildman–Crippen MR) is 54.8 cm³/mol. The second-order valence-corrected chi connectivity index (χ2v) is 5.16. The molecule has 2 fully saturated rings. The van der Waals surface area contributed by atoms with Crippen molar-refractivity contribution in [1.29, 1.82) is 0 Å². The average Bonchev–Trinajstić information content (AvgIpc) is 2.45. The van der Waals surface area contributed by atoms with Crippen LogP contribution in [0.25, 0.3) is 0 Å². The minimum absolute atomic E-state index is 0.244. The maximum atomic E-state index is 13.9. The smallest absolute Gasteiger partial charge is 0.407 e. The van der Waals surface area contributed by atoms with Crippen LogP contribution in [0.3, 0.4) is 0 Å². The SMILES string of the molecule is CC1CC2(CCN(C(=O)O)CC2)C(F)C1F. The Bertz CT molecular complexity index is 290. The van der Waals surface area contributed by atoms with Crippen LogP contribution in [0.1, 0.15) is 26.2 Å². The lowest BCUT2D eigenvalue weighted by atomic mass is 9.75. The quantitative estimate of drug-likeness (QED) is 0.698. The number of hydrogen-bond donors (Lipinski definition) is 1. The summed E-state index contributed by atoms with van der Waals surface area (Å²) in [6.45, 7) is 2.39. The van der Waals surface area contributed by atoms with Crippen molar-refractivity contribution >= 4 is 6.09 Å². The Morgan fingerprint density at radius 1 is 1.38 bits per heavy atom. The fraction of sp³-hybridized carbons (Fsp3) is 0.909. The molecule has 16 heavy (non-hydrogen) atoms. The molecule has 1 aliphatic carbocycles. The van der Waals surface area contributed by atoms with Gasteiger partial charge in [0.05, 0.1) is 0 Å². The van der Waals surface area contributed by atoms with Crippen LogP contribution >= 0.6 is 0 Å². The highest BCUT2D eigenvalue weighted by atomic mass is 19.2. The van der Waals surface area contributed by atoms with Crippen LogP contribution in [-0.2, 0) is 0 Å². The van der Waals surface area contributed by atoms with Crippen LogP contribution < -0.4 is 0 Å². The first-order valence-corrected chi connectivity index (χ1v) is 5.72.